The SMILES string of the molecule is O=C(C(N1C=CC=CN1)N1NC(c2ccccc2)C(Cl)=C1c1ccccc1)N1CC[C@H](F)C1. The fourth-order valence-corrected chi connectivity index (χ4v) is 4.78. The molecule has 5 rings (SSSR count). The fourth-order valence-electron chi connectivity index (χ4n) is 4.40. The Bertz CT molecular complexity index is 1090. The molecular weight excluding hydrogens is 441 g/mol. The molecule has 0 bridgehead atoms. The van der Waals surface area contributed by atoms with Crippen LogP contribution in [0.15, 0.2) is 90.2 Å². The molecule has 3 aliphatic rings. The van der Waals surface area contributed by atoms with Crippen molar-refractivity contribution in [2.45, 2.75) is 24.8 Å². The van der Waals surface area contributed by atoms with Crippen LogP contribution in [0, 0.1) is 0 Å². The zero-order chi connectivity index (χ0) is 22.8. The minimum absolute atomic E-state index is 0.0940. The van der Waals surface area contributed by atoms with Crippen molar-refractivity contribution in [2.24, 2.45) is 0 Å². The van der Waals surface area contributed by atoms with Gasteiger partial charge in [-0.1, -0.05) is 72.3 Å². The van der Waals surface area contributed by atoms with E-state index in [1.54, 1.807) is 27.3 Å². The molecule has 3 aliphatic heterocycles. The number of nitrogens with one attached hydrogen (secondary N) is 2. The third kappa shape index (κ3) is 4.21. The normalized spacial score (nSPS) is 23.3. The minimum Gasteiger partial charge on any atom is -0.336 e. The highest BCUT2D eigenvalue weighted by molar-refractivity contribution is 6.33. The third-order valence-electron chi connectivity index (χ3n) is 6.02. The van der Waals surface area contributed by atoms with Crippen molar-refractivity contribution in [1.29, 1.82) is 0 Å². The van der Waals surface area contributed by atoms with E-state index < -0.39 is 12.3 Å². The van der Waals surface area contributed by atoms with Gasteiger partial charge in [-0.05, 0) is 24.1 Å². The van der Waals surface area contributed by atoms with Gasteiger partial charge in [0, 0.05) is 24.5 Å². The number of allylic oxidation sites excluding steroid dienone is 2. The highest BCUT2D eigenvalue weighted by Gasteiger charge is 2.44. The lowest BCUT2D eigenvalue weighted by atomic mass is 10.0. The molecular formula is C25H25ClFN5O. The predicted octanol–water partition coefficient (Wildman–Crippen LogP) is 3.90. The zero-order valence-electron chi connectivity index (χ0n) is 17.9. The molecule has 1 saturated heterocycles. The summed E-state index contributed by atoms with van der Waals surface area (Å²) < 4.78 is 14.0. The summed E-state index contributed by atoms with van der Waals surface area (Å²) in [5, 5.41) is 4.10. The van der Waals surface area contributed by atoms with Gasteiger partial charge in [0.05, 0.1) is 23.3 Å². The van der Waals surface area contributed by atoms with Gasteiger partial charge in [-0.2, -0.15) is 0 Å². The Morgan fingerprint density at radius 2 is 1.79 bits per heavy atom. The van der Waals surface area contributed by atoms with E-state index >= 15 is 0 Å². The highest BCUT2D eigenvalue weighted by atomic mass is 35.5. The smallest absolute Gasteiger partial charge is 0.269 e. The van der Waals surface area contributed by atoms with E-state index in [-0.39, 0.29) is 18.5 Å². The van der Waals surface area contributed by atoms with Crippen molar-refractivity contribution < 1.29 is 9.18 Å². The molecule has 0 aliphatic carbocycles. The maximum Gasteiger partial charge on any atom is 0.269 e. The van der Waals surface area contributed by atoms with Crippen molar-refractivity contribution in [3.8, 4) is 0 Å². The fraction of sp³-hybridized carbons (Fsp3) is 0.240. The molecule has 3 heterocycles. The third-order valence-corrected chi connectivity index (χ3v) is 6.42. The summed E-state index contributed by atoms with van der Waals surface area (Å²) in [6.07, 6.45) is 5.75. The molecule has 2 N–H and O–H groups in total. The van der Waals surface area contributed by atoms with Gasteiger partial charge in [0.25, 0.3) is 5.91 Å². The van der Waals surface area contributed by atoms with Crippen molar-refractivity contribution in [1.82, 2.24) is 25.8 Å². The van der Waals surface area contributed by atoms with Crippen LogP contribution < -0.4 is 10.9 Å². The van der Waals surface area contributed by atoms with E-state index in [4.69, 9.17) is 11.6 Å². The molecule has 0 spiro atoms. The van der Waals surface area contributed by atoms with Crippen molar-refractivity contribution in [3.63, 3.8) is 0 Å². The predicted molar refractivity (Wildman–Crippen MR) is 127 cm³/mol. The molecule has 0 radical (unpaired) electrons. The average molecular weight is 466 g/mol. The van der Waals surface area contributed by atoms with Crippen LogP contribution in [0.3, 0.4) is 0 Å². The van der Waals surface area contributed by atoms with Gasteiger partial charge in [-0.25, -0.2) is 9.82 Å². The molecule has 3 atom stereocenters. The molecule has 0 saturated carbocycles. The lowest BCUT2D eigenvalue weighted by Crippen LogP contribution is -2.60. The number of rotatable bonds is 5. The molecule has 33 heavy (non-hydrogen) atoms. The number of hydrogen-bond donors (Lipinski definition) is 2. The van der Waals surface area contributed by atoms with E-state index in [2.05, 4.69) is 10.9 Å². The number of alkyl halides is 1. The van der Waals surface area contributed by atoms with Crippen molar-refractivity contribution >= 4 is 23.2 Å². The lowest BCUT2D eigenvalue weighted by Gasteiger charge is -2.40. The lowest BCUT2D eigenvalue weighted by molar-refractivity contribution is -0.142. The van der Waals surface area contributed by atoms with Gasteiger partial charge in [-0.15, -0.1) is 0 Å². The first-order valence-electron chi connectivity index (χ1n) is 11.0. The summed E-state index contributed by atoms with van der Waals surface area (Å²) >= 11 is 7.00. The van der Waals surface area contributed by atoms with E-state index in [0.717, 1.165) is 11.1 Å². The molecule has 170 valence electrons. The van der Waals surface area contributed by atoms with Gasteiger partial charge >= 0.3 is 0 Å². The number of hydrazine groups is 2. The molecule has 2 aromatic carbocycles. The Kier molecular flexibility index (Phi) is 6.07. The van der Waals surface area contributed by atoms with Gasteiger partial charge in [-0.3, -0.25) is 14.8 Å². The van der Waals surface area contributed by atoms with Gasteiger partial charge in [0.15, 0.2) is 0 Å². The first-order chi connectivity index (χ1) is 16.1. The second kappa shape index (κ2) is 9.29. The first-order valence-corrected chi connectivity index (χ1v) is 11.4. The quantitative estimate of drug-likeness (QED) is 0.701. The molecule has 2 unspecified atom stereocenters. The molecule has 2 aromatic rings. The maximum atomic E-state index is 14.0. The van der Waals surface area contributed by atoms with Crippen LogP contribution in [-0.4, -0.2) is 46.3 Å². The number of nitrogens with zero attached hydrogens (tertiary/aromatic N) is 3. The largest absolute Gasteiger partial charge is 0.336 e. The summed E-state index contributed by atoms with van der Waals surface area (Å²) in [5.41, 5.74) is 9.17. The summed E-state index contributed by atoms with van der Waals surface area (Å²) in [7, 11) is 0. The minimum atomic E-state index is -1.00. The number of halogens is 2. The summed E-state index contributed by atoms with van der Waals surface area (Å²) in [5.74, 6) is -0.207. The summed E-state index contributed by atoms with van der Waals surface area (Å²) in [6.45, 7) is 0.481. The molecule has 1 amide bonds. The van der Waals surface area contributed by atoms with Gasteiger partial charge < -0.3 is 10.3 Å². The number of amides is 1. The van der Waals surface area contributed by atoms with Crippen LogP contribution in [-0.2, 0) is 4.79 Å². The number of benzene rings is 2. The topological polar surface area (TPSA) is 50.9 Å². The standard InChI is InChI=1S/C25H25ClFN5O/c26-21-22(18-9-3-1-4-10-18)29-32(23(21)19-11-5-2-6-12-19)24(31-15-8-7-14-28-31)25(33)30-16-13-20(27)17-30/h1-12,14-15,20,22,24,28-29H,13,16-17H2/t20-,22?,24?/m0/s1. The number of carbonyl (C=O) groups excluding carboxylic acids is 1. The van der Waals surface area contributed by atoms with Crippen LogP contribution in [0.25, 0.3) is 5.70 Å². The van der Waals surface area contributed by atoms with Crippen LogP contribution in [0.4, 0.5) is 4.39 Å². The van der Waals surface area contributed by atoms with Crippen LogP contribution in [0.2, 0.25) is 0 Å². The van der Waals surface area contributed by atoms with Crippen LogP contribution in [0.5, 0.6) is 0 Å². The molecule has 6 nitrogen and oxygen atoms in total. The van der Waals surface area contributed by atoms with Crippen molar-refractivity contribution in [3.05, 3.63) is 101 Å². The first kappa shape index (κ1) is 21.6. The monoisotopic (exact) mass is 465 g/mol. The number of carbonyl (C=O) groups is 1. The maximum absolute atomic E-state index is 14.0. The molecule has 0 aromatic heterocycles. The van der Waals surface area contributed by atoms with Gasteiger partial charge in [0.1, 0.15) is 6.17 Å². The Balaban J connectivity index is 1.58. The second-order valence-electron chi connectivity index (χ2n) is 8.19. The highest BCUT2D eigenvalue weighted by Crippen LogP contribution is 2.41. The van der Waals surface area contributed by atoms with E-state index in [1.165, 1.54) is 0 Å². The van der Waals surface area contributed by atoms with E-state index in [0.29, 0.717) is 23.7 Å². The molecule has 1 fully saturated rings. The zero-order valence-corrected chi connectivity index (χ0v) is 18.7. The van der Waals surface area contributed by atoms with Crippen LogP contribution >= 0.6 is 11.6 Å². The van der Waals surface area contributed by atoms with Crippen LogP contribution in [0.1, 0.15) is 23.6 Å². The van der Waals surface area contributed by atoms with Crippen molar-refractivity contribution in [2.75, 3.05) is 13.1 Å². The van der Waals surface area contributed by atoms with E-state index in [9.17, 15) is 9.18 Å². The molecule has 8 heteroatoms. The number of likely N-dealkylation sites (tertiary alicyclic amines) is 1. The van der Waals surface area contributed by atoms with Gasteiger partial charge in [0.2, 0.25) is 6.17 Å². The Labute approximate surface area is 197 Å². The average Bonchev–Trinajstić information content (AvgIpc) is 3.44. The number of hydrogen-bond acceptors (Lipinski definition) is 5. The Hall–Kier alpha value is -3.29. The summed E-state index contributed by atoms with van der Waals surface area (Å²) in [6, 6.07) is 19.3. The van der Waals surface area contributed by atoms with E-state index in [1.807, 2.05) is 72.8 Å². The summed E-state index contributed by atoms with van der Waals surface area (Å²) in [4.78, 5) is 15.4. The Morgan fingerprint density at radius 1 is 1.06 bits per heavy atom. The Morgan fingerprint density at radius 3 is 2.42 bits per heavy atom. The second-order valence-corrected chi connectivity index (χ2v) is 8.59.